The summed E-state index contributed by atoms with van der Waals surface area (Å²) >= 11 is 0. The van der Waals surface area contributed by atoms with Gasteiger partial charge in [-0.1, -0.05) is 6.07 Å². The highest BCUT2D eigenvalue weighted by atomic mass is 32.2. The normalized spacial score (nSPS) is 16.8. The highest BCUT2D eigenvalue weighted by molar-refractivity contribution is 7.89. The fourth-order valence-corrected chi connectivity index (χ4v) is 4.38. The van der Waals surface area contributed by atoms with Crippen LogP contribution in [-0.2, 0) is 21.2 Å². The van der Waals surface area contributed by atoms with Crippen molar-refractivity contribution in [3.05, 3.63) is 54.0 Å². The summed E-state index contributed by atoms with van der Waals surface area (Å²) in [4.78, 5) is 12.6. The van der Waals surface area contributed by atoms with E-state index in [4.69, 9.17) is 9.15 Å². The number of benzene rings is 1. The minimum absolute atomic E-state index is 0.0675. The number of ether oxygens (including phenoxy) is 1. The van der Waals surface area contributed by atoms with Crippen LogP contribution in [0.4, 0.5) is 0 Å². The molecule has 1 atom stereocenters. The Labute approximate surface area is 159 Å². The van der Waals surface area contributed by atoms with Crippen molar-refractivity contribution < 1.29 is 22.4 Å². The molecule has 0 unspecified atom stereocenters. The molecule has 1 aliphatic heterocycles. The van der Waals surface area contributed by atoms with Crippen LogP contribution in [0.25, 0.3) is 0 Å². The number of rotatable bonds is 7. The Bertz CT molecular complexity index is 858. The van der Waals surface area contributed by atoms with Gasteiger partial charge in [0.1, 0.15) is 5.76 Å². The van der Waals surface area contributed by atoms with Crippen molar-refractivity contribution >= 4 is 15.9 Å². The molecule has 0 saturated carbocycles. The van der Waals surface area contributed by atoms with Gasteiger partial charge in [0.25, 0.3) is 5.91 Å². The molecule has 146 valence electrons. The number of sulfonamides is 1. The molecule has 1 aromatic carbocycles. The number of nitrogens with one attached hydrogen (secondary N) is 1. The Balaban J connectivity index is 1.64. The Morgan fingerprint density at radius 2 is 2.00 bits per heavy atom. The van der Waals surface area contributed by atoms with E-state index in [0.717, 1.165) is 18.6 Å². The molecule has 8 heteroatoms. The SMILES string of the molecule is C[C@H](CCc1ccco1)NC(=O)c1cccc(S(=O)(=O)N2CCOCC2)c1. The minimum atomic E-state index is -3.63. The third-order valence-corrected chi connectivity index (χ3v) is 6.38. The molecule has 1 saturated heterocycles. The van der Waals surface area contributed by atoms with Crippen molar-refractivity contribution in [1.29, 1.82) is 0 Å². The van der Waals surface area contributed by atoms with Crippen molar-refractivity contribution in [3.8, 4) is 0 Å². The van der Waals surface area contributed by atoms with Gasteiger partial charge in [-0.25, -0.2) is 8.42 Å². The van der Waals surface area contributed by atoms with E-state index >= 15 is 0 Å². The van der Waals surface area contributed by atoms with E-state index in [2.05, 4.69) is 5.32 Å². The summed E-state index contributed by atoms with van der Waals surface area (Å²) in [6.07, 6.45) is 3.07. The van der Waals surface area contributed by atoms with Crippen molar-refractivity contribution in [1.82, 2.24) is 9.62 Å². The minimum Gasteiger partial charge on any atom is -0.469 e. The van der Waals surface area contributed by atoms with Crippen LogP contribution in [0.3, 0.4) is 0 Å². The van der Waals surface area contributed by atoms with Gasteiger partial charge in [0, 0.05) is 31.1 Å². The standard InChI is InChI=1S/C19H24N2O5S/c1-15(7-8-17-5-3-11-26-17)20-19(22)16-4-2-6-18(14-16)27(23,24)21-9-12-25-13-10-21/h2-6,11,14-15H,7-10,12-13H2,1H3,(H,20,22)/t15-/m1/s1. The van der Waals surface area contributed by atoms with Crippen LogP contribution < -0.4 is 5.32 Å². The first-order valence-corrected chi connectivity index (χ1v) is 10.4. The van der Waals surface area contributed by atoms with Gasteiger partial charge in [-0.3, -0.25) is 4.79 Å². The van der Waals surface area contributed by atoms with E-state index in [0.29, 0.717) is 31.9 Å². The van der Waals surface area contributed by atoms with Gasteiger partial charge in [-0.05, 0) is 43.7 Å². The third kappa shape index (κ3) is 4.97. The molecular weight excluding hydrogens is 368 g/mol. The molecule has 1 aromatic heterocycles. The lowest BCUT2D eigenvalue weighted by molar-refractivity contribution is 0.0730. The quantitative estimate of drug-likeness (QED) is 0.779. The summed E-state index contributed by atoms with van der Waals surface area (Å²) in [5.41, 5.74) is 0.328. The summed E-state index contributed by atoms with van der Waals surface area (Å²) in [5, 5.41) is 2.91. The van der Waals surface area contributed by atoms with Crippen molar-refractivity contribution in [2.45, 2.75) is 30.7 Å². The Morgan fingerprint density at radius 1 is 1.22 bits per heavy atom. The zero-order chi connectivity index (χ0) is 19.3. The van der Waals surface area contributed by atoms with Crippen molar-refractivity contribution in [3.63, 3.8) is 0 Å². The number of furan rings is 1. The van der Waals surface area contributed by atoms with Crippen LogP contribution >= 0.6 is 0 Å². The maximum absolute atomic E-state index is 12.7. The Hall–Kier alpha value is -2.16. The average Bonchev–Trinajstić information content (AvgIpc) is 3.21. The fourth-order valence-electron chi connectivity index (χ4n) is 2.93. The number of morpholine rings is 1. The van der Waals surface area contributed by atoms with Gasteiger partial charge < -0.3 is 14.5 Å². The predicted octanol–water partition coefficient (Wildman–Crippen LogP) is 2.05. The molecular formula is C19H24N2O5S. The predicted molar refractivity (Wildman–Crippen MR) is 100.0 cm³/mol. The molecule has 2 aromatic rings. The first-order chi connectivity index (χ1) is 13.0. The maximum Gasteiger partial charge on any atom is 0.251 e. The molecule has 1 amide bonds. The Kier molecular flexibility index (Phi) is 6.30. The van der Waals surface area contributed by atoms with E-state index in [1.54, 1.807) is 18.4 Å². The van der Waals surface area contributed by atoms with Gasteiger partial charge in [-0.15, -0.1) is 0 Å². The maximum atomic E-state index is 12.7. The largest absolute Gasteiger partial charge is 0.469 e. The molecule has 3 rings (SSSR count). The molecule has 0 bridgehead atoms. The van der Waals surface area contributed by atoms with Crippen molar-refractivity contribution in [2.24, 2.45) is 0 Å². The fraction of sp³-hybridized carbons (Fsp3) is 0.421. The van der Waals surface area contributed by atoms with Gasteiger partial charge in [0.05, 0.1) is 24.4 Å². The summed E-state index contributed by atoms with van der Waals surface area (Å²) in [5.74, 6) is 0.579. The molecule has 0 aliphatic carbocycles. The number of hydrogen-bond donors (Lipinski definition) is 1. The van der Waals surface area contributed by atoms with E-state index in [1.807, 2.05) is 19.1 Å². The average molecular weight is 392 g/mol. The summed E-state index contributed by atoms with van der Waals surface area (Å²) in [7, 11) is -3.63. The summed E-state index contributed by atoms with van der Waals surface area (Å²) in [6, 6.07) is 9.82. The van der Waals surface area contributed by atoms with Gasteiger partial charge in [0.2, 0.25) is 10.0 Å². The smallest absolute Gasteiger partial charge is 0.251 e. The summed E-state index contributed by atoms with van der Waals surface area (Å²) in [6.45, 7) is 3.32. The van der Waals surface area contributed by atoms with Crippen LogP contribution in [0.15, 0.2) is 52.0 Å². The molecule has 0 spiro atoms. The van der Waals surface area contributed by atoms with Gasteiger partial charge in [-0.2, -0.15) is 4.31 Å². The number of hydrogen-bond acceptors (Lipinski definition) is 5. The second kappa shape index (κ2) is 8.69. The summed E-state index contributed by atoms with van der Waals surface area (Å²) < 4.78 is 37.4. The van der Waals surface area contributed by atoms with E-state index in [-0.39, 0.29) is 16.8 Å². The third-order valence-electron chi connectivity index (χ3n) is 4.49. The second-order valence-electron chi connectivity index (χ2n) is 6.54. The van der Waals surface area contributed by atoms with Gasteiger partial charge in [0.15, 0.2) is 0 Å². The van der Waals surface area contributed by atoms with E-state index in [9.17, 15) is 13.2 Å². The van der Waals surface area contributed by atoms with Crippen LogP contribution in [0, 0.1) is 0 Å². The van der Waals surface area contributed by atoms with Crippen LogP contribution in [-0.4, -0.2) is 51.0 Å². The van der Waals surface area contributed by atoms with Crippen LogP contribution in [0.2, 0.25) is 0 Å². The number of carbonyl (C=O) groups is 1. The van der Waals surface area contributed by atoms with Gasteiger partial charge >= 0.3 is 0 Å². The molecule has 1 N–H and O–H groups in total. The first-order valence-electron chi connectivity index (χ1n) is 8.98. The molecule has 2 heterocycles. The number of nitrogens with zero attached hydrogens (tertiary/aromatic N) is 1. The molecule has 1 fully saturated rings. The van der Waals surface area contributed by atoms with Crippen LogP contribution in [0.1, 0.15) is 29.5 Å². The number of carbonyl (C=O) groups excluding carboxylic acids is 1. The first kappa shape index (κ1) is 19.6. The van der Waals surface area contributed by atoms with Crippen molar-refractivity contribution in [2.75, 3.05) is 26.3 Å². The highest BCUT2D eigenvalue weighted by Gasteiger charge is 2.27. The lowest BCUT2D eigenvalue weighted by Crippen LogP contribution is -2.40. The monoisotopic (exact) mass is 392 g/mol. The van der Waals surface area contributed by atoms with Crippen LogP contribution in [0.5, 0.6) is 0 Å². The number of amides is 1. The molecule has 0 radical (unpaired) electrons. The molecule has 27 heavy (non-hydrogen) atoms. The zero-order valence-electron chi connectivity index (χ0n) is 15.3. The lowest BCUT2D eigenvalue weighted by atomic mass is 10.1. The van der Waals surface area contributed by atoms with E-state index in [1.165, 1.54) is 16.4 Å². The number of aryl methyl sites for hydroxylation is 1. The second-order valence-corrected chi connectivity index (χ2v) is 8.47. The Morgan fingerprint density at radius 3 is 2.70 bits per heavy atom. The lowest BCUT2D eigenvalue weighted by Gasteiger charge is -2.26. The zero-order valence-corrected chi connectivity index (χ0v) is 16.1. The highest BCUT2D eigenvalue weighted by Crippen LogP contribution is 2.18. The molecule has 1 aliphatic rings. The molecule has 7 nitrogen and oxygen atoms in total. The van der Waals surface area contributed by atoms with E-state index < -0.39 is 10.0 Å². The topological polar surface area (TPSA) is 88.8 Å².